The quantitative estimate of drug-likeness (QED) is 0.768. The minimum atomic E-state index is -0.713. The van der Waals surface area contributed by atoms with E-state index in [4.69, 9.17) is 9.47 Å². The zero-order valence-corrected chi connectivity index (χ0v) is 14.5. The molecule has 0 bridgehead atoms. The van der Waals surface area contributed by atoms with Crippen LogP contribution in [0.25, 0.3) is 0 Å². The van der Waals surface area contributed by atoms with Crippen molar-refractivity contribution in [3.63, 3.8) is 0 Å². The largest absolute Gasteiger partial charge is 0.385 e. The molecule has 2 atom stereocenters. The molecule has 1 aliphatic rings. The third-order valence-corrected chi connectivity index (χ3v) is 4.04. The number of amides is 2. The molecule has 0 radical (unpaired) electrons. The Hall–Kier alpha value is -1.92. The van der Waals surface area contributed by atoms with Gasteiger partial charge in [-0.1, -0.05) is 30.3 Å². The first-order chi connectivity index (χ1) is 11.6. The predicted molar refractivity (Wildman–Crippen MR) is 90.4 cm³/mol. The van der Waals surface area contributed by atoms with Gasteiger partial charge in [-0.25, -0.2) is 0 Å². The zero-order chi connectivity index (χ0) is 17.5. The molecule has 132 valence electrons. The van der Waals surface area contributed by atoms with E-state index >= 15 is 0 Å². The molecule has 2 rings (SSSR count). The normalized spacial score (nSPS) is 21.2. The average Bonchev–Trinajstić information content (AvgIpc) is 2.58. The Bertz CT molecular complexity index is 547. The summed E-state index contributed by atoms with van der Waals surface area (Å²) < 4.78 is 10.6. The Morgan fingerprint density at radius 1 is 1.38 bits per heavy atom. The van der Waals surface area contributed by atoms with E-state index in [1.54, 1.807) is 12.0 Å². The van der Waals surface area contributed by atoms with Gasteiger partial charge in [0.1, 0.15) is 6.61 Å². The number of nitrogens with zero attached hydrogens (tertiary/aromatic N) is 1. The second-order valence-corrected chi connectivity index (χ2v) is 6.12. The van der Waals surface area contributed by atoms with Crippen molar-refractivity contribution in [3.8, 4) is 0 Å². The number of benzene rings is 1. The number of rotatable bonds is 7. The molecule has 2 amide bonds. The van der Waals surface area contributed by atoms with Crippen molar-refractivity contribution in [1.82, 2.24) is 10.2 Å². The highest BCUT2D eigenvalue weighted by Crippen LogP contribution is 2.32. The summed E-state index contributed by atoms with van der Waals surface area (Å²) in [5.41, 5.74) is 0.899. The van der Waals surface area contributed by atoms with Crippen LogP contribution in [0.5, 0.6) is 0 Å². The van der Waals surface area contributed by atoms with Crippen LogP contribution in [0.2, 0.25) is 0 Å². The number of ether oxygens (including phenoxy) is 2. The molecule has 24 heavy (non-hydrogen) atoms. The van der Waals surface area contributed by atoms with E-state index in [1.165, 1.54) is 0 Å². The topological polar surface area (TPSA) is 67.9 Å². The van der Waals surface area contributed by atoms with Crippen molar-refractivity contribution in [2.45, 2.75) is 38.5 Å². The number of nitrogens with one attached hydrogen (secondary N) is 1. The summed E-state index contributed by atoms with van der Waals surface area (Å²) in [6.45, 7) is 4.94. The van der Waals surface area contributed by atoms with Gasteiger partial charge in [-0.05, 0) is 25.8 Å². The van der Waals surface area contributed by atoms with Crippen LogP contribution in [-0.2, 0) is 19.1 Å². The number of hydrogen-bond acceptors (Lipinski definition) is 4. The van der Waals surface area contributed by atoms with Crippen molar-refractivity contribution < 1.29 is 19.1 Å². The Balaban J connectivity index is 2.20. The summed E-state index contributed by atoms with van der Waals surface area (Å²) >= 11 is 0. The van der Waals surface area contributed by atoms with Gasteiger partial charge in [-0.3, -0.25) is 9.59 Å². The number of carbonyl (C=O) groups excluding carboxylic acids is 2. The molecule has 0 aromatic heterocycles. The van der Waals surface area contributed by atoms with Crippen molar-refractivity contribution in [2.24, 2.45) is 0 Å². The van der Waals surface area contributed by atoms with E-state index in [2.05, 4.69) is 5.32 Å². The first-order valence-corrected chi connectivity index (χ1v) is 8.30. The molecule has 1 heterocycles. The summed E-state index contributed by atoms with van der Waals surface area (Å²) in [7, 11) is 1.63. The van der Waals surface area contributed by atoms with Gasteiger partial charge in [0.2, 0.25) is 5.91 Å². The lowest BCUT2D eigenvalue weighted by Gasteiger charge is -2.42. The highest BCUT2D eigenvalue weighted by molar-refractivity contribution is 5.86. The van der Waals surface area contributed by atoms with Crippen molar-refractivity contribution >= 4 is 11.8 Å². The summed E-state index contributed by atoms with van der Waals surface area (Å²) in [5.74, 6) is -0.291. The fraction of sp³-hybridized carbons (Fsp3) is 0.556. The number of hydrogen-bond donors (Lipinski definition) is 1. The molecule has 0 spiro atoms. The highest BCUT2D eigenvalue weighted by Gasteiger charge is 2.42. The van der Waals surface area contributed by atoms with Gasteiger partial charge in [0.25, 0.3) is 5.91 Å². The number of carbonyl (C=O) groups is 2. The smallest absolute Gasteiger partial charge is 0.251 e. The zero-order valence-electron chi connectivity index (χ0n) is 14.5. The third-order valence-electron chi connectivity index (χ3n) is 4.04. The van der Waals surface area contributed by atoms with Crippen LogP contribution in [0.15, 0.2) is 30.3 Å². The fourth-order valence-electron chi connectivity index (χ4n) is 2.97. The van der Waals surface area contributed by atoms with Crippen LogP contribution < -0.4 is 5.32 Å². The monoisotopic (exact) mass is 334 g/mol. The molecule has 1 aromatic rings. The molecule has 1 aromatic carbocycles. The minimum absolute atomic E-state index is 0.0182. The van der Waals surface area contributed by atoms with Gasteiger partial charge in [0, 0.05) is 26.3 Å². The second-order valence-electron chi connectivity index (χ2n) is 6.12. The van der Waals surface area contributed by atoms with Gasteiger partial charge in [0.05, 0.1) is 6.04 Å². The summed E-state index contributed by atoms with van der Waals surface area (Å²) in [6, 6.07) is 9.13. The molecule has 6 nitrogen and oxygen atoms in total. The van der Waals surface area contributed by atoms with Crippen molar-refractivity contribution in [2.75, 3.05) is 26.9 Å². The van der Waals surface area contributed by atoms with E-state index in [0.29, 0.717) is 13.2 Å². The minimum Gasteiger partial charge on any atom is -0.385 e. The van der Waals surface area contributed by atoms with Gasteiger partial charge < -0.3 is 19.7 Å². The standard InChI is InChI=1S/C18H26N2O4/c1-13(2)20-15(21)12-24-17(18(22)19-10-7-11-23-3)16(20)14-8-5-4-6-9-14/h4-6,8-9,13,16-17H,7,10-12H2,1-3H3,(H,19,22)/t16-,17+/m1/s1. The van der Waals surface area contributed by atoms with E-state index < -0.39 is 12.1 Å². The van der Waals surface area contributed by atoms with Crippen molar-refractivity contribution in [3.05, 3.63) is 35.9 Å². The maximum absolute atomic E-state index is 12.6. The number of methoxy groups -OCH3 is 1. The lowest BCUT2D eigenvalue weighted by Crippen LogP contribution is -2.56. The van der Waals surface area contributed by atoms with E-state index in [0.717, 1.165) is 12.0 Å². The van der Waals surface area contributed by atoms with E-state index in [1.807, 2.05) is 44.2 Å². The van der Waals surface area contributed by atoms with Crippen LogP contribution in [-0.4, -0.2) is 55.7 Å². The Kier molecular flexibility index (Phi) is 6.75. The molecular weight excluding hydrogens is 308 g/mol. The van der Waals surface area contributed by atoms with E-state index in [-0.39, 0.29) is 24.5 Å². The maximum Gasteiger partial charge on any atom is 0.251 e. The molecule has 1 saturated heterocycles. The van der Waals surface area contributed by atoms with Crippen LogP contribution in [0.3, 0.4) is 0 Å². The van der Waals surface area contributed by atoms with Crippen LogP contribution in [0.1, 0.15) is 31.9 Å². The lowest BCUT2D eigenvalue weighted by molar-refractivity contribution is -0.167. The summed E-state index contributed by atoms with van der Waals surface area (Å²) in [5, 5.41) is 2.88. The predicted octanol–water partition coefficient (Wildman–Crippen LogP) is 1.52. The molecule has 0 saturated carbocycles. The summed E-state index contributed by atoms with van der Waals surface area (Å²) in [6.07, 6.45) is 0.0210. The molecule has 0 unspecified atom stereocenters. The van der Waals surface area contributed by atoms with Gasteiger partial charge in [0.15, 0.2) is 6.10 Å². The van der Waals surface area contributed by atoms with Crippen molar-refractivity contribution in [1.29, 1.82) is 0 Å². The molecule has 6 heteroatoms. The number of morpholine rings is 1. The Morgan fingerprint density at radius 2 is 2.08 bits per heavy atom. The van der Waals surface area contributed by atoms with Crippen LogP contribution in [0, 0.1) is 0 Å². The van der Waals surface area contributed by atoms with Crippen LogP contribution in [0.4, 0.5) is 0 Å². The third kappa shape index (κ3) is 4.33. The average molecular weight is 334 g/mol. The lowest BCUT2D eigenvalue weighted by atomic mass is 9.96. The maximum atomic E-state index is 12.6. The second kappa shape index (κ2) is 8.80. The molecule has 0 aliphatic carbocycles. The SMILES string of the molecule is COCCCNC(=O)[C@H]1OCC(=O)N(C(C)C)[C@@H]1c1ccccc1. The highest BCUT2D eigenvalue weighted by atomic mass is 16.5. The first kappa shape index (κ1) is 18.4. The fourth-order valence-corrected chi connectivity index (χ4v) is 2.97. The molecular formula is C18H26N2O4. The van der Waals surface area contributed by atoms with Crippen LogP contribution >= 0.6 is 0 Å². The van der Waals surface area contributed by atoms with E-state index in [9.17, 15) is 9.59 Å². The Labute approximate surface area is 143 Å². The van der Waals surface area contributed by atoms with Gasteiger partial charge in [-0.15, -0.1) is 0 Å². The summed E-state index contributed by atoms with van der Waals surface area (Å²) in [4.78, 5) is 26.7. The van der Waals surface area contributed by atoms with Gasteiger partial charge >= 0.3 is 0 Å². The molecule has 1 N–H and O–H groups in total. The van der Waals surface area contributed by atoms with Gasteiger partial charge in [-0.2, -0.15) is 0 Å². The Morgan fingerprint density at radius 3 is 2.71 bits per heavy atom. The first-order valence-electron chi connectivity index (χ1n) is 8.30. The molecule has 1 aliphatic heterocycles. The molecule has 1 fully saturated rings.